The van der Waals surface area contributed by atoms with Crippen LogP contribution in [0.5, 0.6) is 0 Å². The molecule has 3 heteroatoms. The average molecular weight is 211 g/mol. The van der Waals surface area contributed by atoms with Crippen LogP contribution < -0.4 is 5.32 Å². The summed E-state index contributed by atoms with van der Waals surface area (Å²) in [7, 11) is 1.82. The van der Waals surface area contributed by atoms with Gasteiger partial charge in [0, 0.05) is 20.2 Å². The van der Waals surface area contributed by atoms with Crippen molar-refractivity contribution >= 4 is 11.3 Å². The maximum atomic E-state index is 5.53. The summed E-state index contributed by atoms with van der Waals surface area (Å²) in [6.07, 6.45) is 3.73. The van der Waals surface area contributed by atoms with E-state index in [1.165, 1.54) is 24.8 Å². The topological polar surface area (TPSA) is 21.3 Å². The third-order valence-corrected chi connectivity index (χ3v) is 3.79. The highest BCUT2D eigenvalue weighted by Crippen LogP contribution is 2.34. The van der Waals surface area contributed by atoms with E-state index in [2.05, 4.69) is 22.1 Å². The molecule has 0 aromatic carbocycles. The molecule has 1 aliphatic rings. The summed E-state index contributed by atoms with van der Waals surface area (Å²) >= 11 is 1.75. The van der Waals surface area contributed by atoms with Gasteiger partial charge in [-0.15, -0.1) is 0 Å². The summed E-state index contributed by atoms with van der Waals surface area (Å²) in [4.78, 5) is 0. The monoisotopic (exact) mass is 211 g/mol. The summed E-state index contributed by atoms with van der Waals surface area (Å²) in [5.41, 5.74) is 1.52. The molecule has 1 aliphatic carbocycles. The minimum absolute atomic E-state index is 0.149. The van der Waals surface area contributed by atoms with Crippen molar-refractivity contribution in [2.75, 3.05) is 13.7 Å². The van der Waals surface area contributed by atoms with E-state index in [-0.39, 0.29) is 5.60 Å². The lowest BCUT2D eigenvalue weighted by molar-refractivity contribution is -0.0695. The summed E-state index contributed by atoms with van der Waals surface area (Å²) < 4.78 is 5.53. The standard InChI is InChI=1S/C11H17NOS/c1-13-11(4-2-5-11)9-12-7-10-3-6-14-8-10/h3,6,8,12H,2,4-5,7,9H2,1H3. The SMILES string of the molecule is COC1(CNCc2ccsc2)CCC1. The molecule has 1 fully saturated rings. The second kappa shape index (κ2) is 4.43. The fourth-order valence-corrected chi connectivity index (χ4v) is 2.52. The maximum Gasteiger partial charge on any atom is 0.0802 e. The molecule has 1 aromatic rings. The Morgan fingerprint density at radius 1 is 1.57 bits per heavy atom. The number of hydrogen-bond acceptors (Lipinski definition) is 3. The molecule has 0 aliphatic heterocycles. The molecule has 0 radical (unpaired) electrons. The number of thiophene rings is 1. The fourth-order valence-electron chi connectivity index (χ4n) is 1.85. The van der Waals surface area contributed by atoms with E-state index in [4.69, 9.17) is 4.74 Å². The highest BCUT2D eigenvalue weighted by atomic mass is 32.1. The lowest BCUT2D eigenvalue weighted by Crippen LogP contribution is -2.47. The molecular formula is C11H17NOS. The highest BCUT2D eigenvalue weighted by molar-refractivity contribution is 7.07. The third-order valence-electron chi connectivity index (χ3n) is 3.05. The van der Waals surface area contributed by atoms with Gasteiger partial charge in [-0.05, 0) is 41.7 Å². The smallest absolute Gasteiger partial charge is 0.0802 e. The molecule has 0 unspecified atom stereocenters. The zero-order chi connectivity index (χ0) is 9.86. The number of hydrogen-bond donors (Lipinski definition) is 1. The third kappa shape index (κ3) is 2.16. The zero-order valence-corrected chi connectivity index (χ0v) is 9.40. The van der Waals surface area contributed by atoms with Gasteiger partial charge in [-0.1, -0.05) is 0 Å². The first-order chi connectivity index (χ1) is 6.85. The molecule has 14 heavy (non-hydrogen) atoms. The van der Waals surface area contributed by atoms with Crippen molar-refractivity contribution in [3.8, 4) is 0 Å². The zero-order valence-electron chi connectivity index (χ0n) is 8.58. The Bertz CT molecular complexity index is 261. The second-order valence-corrected chi connectivity index (χ2v) is 4.76. The summed E-state index contributed by atoms with van der Waals surface area (Å²) in [6.45, 7) is 1.95. The van der Waals surface area contributed by atoms with Crippen molar-refractivity contribution in [2.24, 2.45) is 0 Å². The van der Waals surface area contributed by atoms with E-state index >= 15 is 0 Å². The number of ether oxygens (including phenoxy) is 1. The quantitative estimate of drug-likeness (QED) is 0.807. The van der Waals surface area contributed by atoms with Crippen molar-refractivity contribution in [3.63, 3.8) is 0 Å². The highest BCUT2D eigenvalue weighted by Gasteiger charge is 2.36. The van der Waals surface area contributed by atoms with Crippen LogP contribution in [-0.4, -0.2) is 19.3 Å². The van der Waals surface area contributed by atoms with Crippen molar-refractivity contribution in [1.29, 1.82) is 0 Å². The van der Waals surface area contributed by atoms with E-state index in [9.17, 15) is 0 Å². The average Bonchev–Trinajstić information content (AvgIpc) is 2.62. The predicted molar refractivity (Wildman–Crippen MR) is 59.6 cm³/mol. The molecule has 1 N–H and O–H groups in total. The van der Waals surface area contributed by atoms with Crippen LogP contribution in [0, 0.1) is 0 Å². The van der Waals surface area contributed by atoms with Crippen LogP contribution in [-0.2, 0) is 11.3 Å². The Labute approximate surface area is 89.3 Å². The number of nitrogens with one attached hydrogen (secondary N) is 1. The Morgan fingerprint density at radius 3 is 2.93 bits per heavy atom. The lowest BCUT2D eigenvalue weighted by Gasteiger charge is -2.40. The first-order valence-electron chi connectivity index (χ1n) is 5.12. The Morgan fingerprint density at radius 2 is 2.43 bits per heavy atom. The van der Waals surface area contributed by atoms with Crippen LogP contribution in [0.15, 0.2) is 16.8 Å². The largest absolute Gasteiger partial charge is 0.377 e. The van der Waals surface area contributed by atoms with Gasteiger partial charge in [0.15, 0.2) is 0 Å². The molecule has 2 rings (SSSR count). The van der Waals surface area contributed by atoms with Crippen molar-refractivity contribution < 1.29 is 4.74 Å². The Hall–Kier alpha value is -0.380. The molecule has 0 spiro atoms. The molecule has 1 saturated carbocycles. The van der Waals surface area contributed by atoms with E-state index in [1.54, 1.807) is 11.3 Å². The van der Waals surface area contributed by atoms with Gasteiger partial charge in [0.05, 0.1) is 5.60 Å². The van der Waals surface area contributed by atoms with Crippen LogP contribution in [0.4, 0.5) is 0 Å². The summed E-state index contributed by atoms with van der Waals surface area (Å²) in [5, 5.41) is 7.77. The molecule has 1 aromatic heterocycles. The Balaban J connectivity index is 1.72. The molecule has 2 nitrogen and oxygen atoms in total. The van der Waals surface area contributed by atoms with Gasteiger partial charge < -0.3 is 10.1 Å². The fraction of sp³-hybridized carbons (Fsp3) is 0.636. The minimum Gasteiger partial charge on any atom is -0.377 e. The van der Waals surface area contributed by atoms with Gasteiger partial charge in [-0.25, -0.2) is 0 Å². The first-order valence-corrected chi connectivity index (χ1v) is 6.06. The molecule has 0 bridgehead atoms. The van der Waals surface area contributed by atoms with Gasteiger partial charge in [-0.2, -0.15) is 11.3 Å². The van der Waals surface area contributed by atoms with E-state index in [0.717, 1.165) is 13.1 Å². The van der Waals surface area contributed by atoms with Gasteiger partial charge in [0.1, 0.15) is 0 Å². The Kier molecular flexibility index (Phi) is 3.21. The first kappa shape index (κ1) is 10.1. The van der Waals surface area contributed by atoms with Crippen LogP contribution in [0.2, 0.25) is 0 Å². The number of rotatable bonds is 5. The maximum absolute atomic E-state index is 5.53. The molecule has 0 amide bonds. The summed E-state index contributed by atoms with van der Waals surface area (Å²) in [5.74, 6) is 0. The molecule has 0 atom stereocenters. The van der Waals surface area contributed by atoms with Crippen molar-refractivity contribution in [3.05, 3.63) is 22.4 Å². The van der Waals surface area contributed by atoms with Gasteiger partial charge in [0.2, 0.25) is 0 Å². The van der Waals surface area contributed by atoms with Gasteiger partial charge >= 0.3 is 0 Å². The van der Waals surface area contributed by atoms with Crippen molar-refractivity contribution in [2.45, 2.75) is 31.4 Å². The molecule has 0 saturated heterocycles. The number of methoxy groups -OCH3 is 1. The van der Waals surface area contributed by atoms with Crippen LogP contribution in [0.1, 0.15) is 24.8 Å². The van der Waals surface area contributed by atoms with Gasteiger partial charge in [0.25, 0.3) is 0 Å². The summed E-state index contributed by atoms with van der Waals surface area (Å²) in [6, 6.07) is 2.16. The van der Waals surface area contributed by atoms with E-state index < -0.39 is 0 Å². The van der Waals surface area contributed by atoms with Crippen LogP contribution in [0.25, 0.3) is 0 Å². The minimum atomic E-state index is 0.149. The van der Waals surface area contributed by atoms with E-state index in [0.29, 0.717) is 0 Å². The van der Waals surface area contributed by atoms with Crippen LogP contribution in [0.3, 0.4) is 0 Å². The molecular weight excluding hydrogens is 194 g/mol. The predicted octanol–water partition coefficient (Wildman–Crippen LogP) is 2.41. The molecule has 78 valence electrons. The molecule has 1 heterocycles. The van der Waals surface area contributed by atoms with Gasteiger partial charge in [-0.3, -0.25) is 0 Å². The van der Waals surface area contributed by atoms with Crippen molar-refractivity contribution in [1.82, 2.24) is 5.32 Å². The normalized spacial score (nSPS) is 19.2. The second-order valence-electron chi connectivity index (χ2n) is 3.98. The van der Waals surface area contributed by atoms with E-state index in [1.807, 2.05) is 7.11 Å². The lowest BCUT2D eigenvalue weighted by atomic mass is 9.80. The van der Waals surface area contributed by atoms with Crippen LogP contribution >= 0.6 is 11.3 Å².